The van der Waals surface area contributed by atoms with E-state index in [1.54, 1.807) is 30.3 Å². The van der Waals surface area contributed by atoms with Crippen LogP contribution in [0.4, 0.5) is 10.2 Å². The van der Waals surface area contributed by atoms with Gasteiger partial charge in [-0.05, 0) is 48.0 Å². The first kappa shape index (κ1) is 19.2. The molecule has 0 saturated heterocycles. The van der Waals surface area contributed by atoms with Crippen molar-refractivity contribution in [2.24, 2.45) is 5.10 Å². The Bertz CT molecular complexity index is 1010. The van der Waals surface area contributed by atoms with Crippen LogP contribution in [0, 0.1) is 5.82 Å². The second-order valence-corrected chi connectivity index (χ2v) is 5.78. The summed E-state index contributed by atoms with van der Waals surface area (Å²) in [5, 5.41) is 11.8. The molecule has 1 heterocycles. The highest BCUT2D eigenvalue weighted by molar-refractivity contribution is 6.29. The van der Waals surface area contributed by atoms with Gasteiger partial charge in [-0.15, -0.1) is 10.2 Å². The molecule has 142 valence electrons. The predicted molar refractivity (Wildman–Crippen MR) is 103 cm³/mol. The Morgan fingerprint density at radius 3 is 2.68 bits per heavy atom. The molecule has 0 bridgehead atoms. The van der Waals surface area contributed by atoms with Crippen LogP contribution in [0.15, 0.2) is 59.7 Å². The van der Waals surface area contributed by atoms with Crippen molar-refractivity contribution in [2.75, 3.05) is 12.5 Å². The number of aromatic nitrogens is 2. The molecule has 1 N–H and O–H groups in total. The minimum absolute atomic E-state index is 0.157. The van der Waals surface area contributed by atoms with E-state index >= 15 is 0 Å². The topological polar surface area (TPSA) is 85.7 Å². The molecular weight excluding hydrogens is 387 g/mol. The van der Waals surface area contributed by atoms with Gasteiger partial charge in [-0.3, -0.25) is 5.43 Å². The quantitative estimate of drug-likeness (QED) is 0.292. The van der Waals surface area contributed by atoms with Crippen molar-refractivity contribution in [3.05, 3.63) is 76.7 Å². The number of nitrogens with zero attached hydrogens (tertiary/aromatic N) is 3. The van der Waals surface area contributed by atoms with Gasteiger partial charge in [-0.25, -0.2) is 9.18 Å². The molecule has 0 amide bonds. The van der Waals surface area contributed by atoms with Crippen molar-refractivity contribution in [2.45, 2.75) is 0 Å². The van der Waals surface area contributed by atoms with Gasteiger partial charge in [-0.1, -0.05) is 23.7 Å². The van der Waals surface area contributed by atoms with Crippen molar-refractivity contribution in [3.63, 3.8) is 0 Å². The fraction of sp³-hybridized carbons (Fsp3) is 0.0526. The molecule has 0 spiro atoms. The Kier molecular flexibility index (Phi) is 6.13. The largest absolute Gasteiger partial charge is 0.493 e. The molecule has 3 aromatic rings. The Morgan fingerprint density at radius 2 is 1.96 bits per heavy atom. The van der Waals surface area contributed by atoms with Crippen LogP contribution in [0.1, 0.15) is 15.9 Å². The number of halogens is 2. The zero-order chi connectivity index (χ0) is 19.9. The zero-order valence-electron chi connectivity index (χ0n) is 14.6. The summed E-state index contributed by atoms with van der Waals surface area (Å²) in [5.41, 5.74) is 3.20. The van der Waals surface area contributed by atoms with E-state index < -0.39 is 11.8 Å². The molecule has 3 rings (SSSR count). The number of ether oxygens (including phenoxy) is 2. The van der Waals surface area contributed by atoms with E-state index in [0.29, 0.717) is 17.1 Å². The van der Waals surface area contributed by atoms with E-state index in [9.17, 15) is 9.18 Å². The van der Waals surface area contributed by atoms with Crippen molar-refractivity contribution in [3.8, 4) is 11.5 Å². The van der Waals surface area contributed by atoms with Gasteiger partial charge in [0.15, 0.2) is 22.5 Å². The molecule has 0 aliphatic rings. The Labute approximate surface area is 164 Å². The molecule has 0 fully saturated rings. The fourth-order valence-electron chi connectivity index (χ4n) is 2.18. The van der Waals surface area contributed by atoms with Crippen LogP contribution in [-0.2, 0) is 0 Å². The number of methoxy groups -OCH3 is 1. The lowest BCUT2D eigenvalue weighted by Crippen LogP contribution is -2.11. The number of rotatable bonds is 6. The highest BCUT2D eigenvalue weighted by atomic mass is 35.5. The maximum atomic E-state index is 13.7. The van der Waals surface area contributed by atoms with Crippen LogP contribution >= 0.6 is 11.6 Å². The summed E-state index contributed by atoms with van der Waals surface area (Å²) in [4.78, 5) is 12.2. The fourth-order valence-corrected chi connectivity index (χ4v) is 2.28. The summed E-state index contributed by atoms with van der Waals surface area (Å²) in [6.45, 7) is 0. The Morgan fingerprint density at radius 1 is 1.14 bits per heavy atom. The van der Waals surface area contributed by atoms with Crippen LogP contribution in [0.25, 0.3) is 0 Å². The normalized spacial score (nSPS) is 10.7. The zero-order valence-corrected chi connectivity index (χ0v) is 15.4. The van der Waals surface area contributed by atoms with Crippen molar-refractivity contribution in [1.82, 2.24) is 10.2 Å². The highest BCUT2D eigenvalue weighted by Gasteiger charge is 2.16. The average Bonchev–Trinajstić information content (AvgIpc) is 2.70. The minimum atomic E-state index is -0.819. The molecule has 28 heavy (non-hydrogen) atoms. The van der Waals surface area contributed by atoms with Gasteiger partial charge in [0.1, 0.15) is 5.82 Å². The number of hydrogen-bond donors (Lipinski definition) is 1. The van der Waals surface area contributed by atoms with Crippen molar-refractivity contribution >= 4 is 29.6 Å². The number of hydrogen-bond acceptors (Lipinski definition) is 7. The summed E-state index contributed by atoms with van der Waals surface area (Å²) >= 11 is 5.66. The number of nitrogens with one attached hydrogen (secondary N) is 1. The van der Waals surface area contributed by atoms with Crippen LogP contribution in [0.2, 0.25) is 5.15 Å². The molecule has 7 nitrogen and oxygen atoms in total. The lowest BCUT2D eigenvalue weighted by Gasteiger charge is -2.10. The first-order chi connectivity index (χ1) is 13.6. The second kappa shape index (κ2) is 8.92. The summed E-state index contributed by atoms with van der Waals surface area (Å²) in [6, 6.07) is 13.6. The number of benzene rings is 2. The predicted octanol–water partition coefficient (Wildman–Crippen LogP) is 3.94. The molecule has 9 heteroatoms. The summed E-state index contributed by atoms with van der Waals surface area (Å²) in [6.07, 6.45) is 1.52. The highest BCUT2D eigenvalue weighted by Crippen LogP contribution is 2.28. The molecule has 0 aliphatic carbocycles. The van der Waals surface area contributed by atoms with Crippen LogP contribution in [0.5, 0.6) is 11.5 Å². The van der Waals surface area contributed by atoms with E-state index in [1.165, 1.54) is 37.6 Å². The van der Waals surface area contributed by atoms with Gasteiger partial charge in [0, 0.05) is 0 Å². The van der Waals surface area contributed by atoms with Gasteiger partial charge in [0.05, 0.1) is 18.9 Å². The molecule has 0 radical (unpaired) electrons. The lowest BCUT2D eigenvalue weighted by molar-refractivity contribution is 0.0725. The molecule has 0 aliphatic heterocycles. The molecule has 0 atom stereocenters. The summed E-state index contributed by atoms with van der Waals surface area (Å²) in [7, 11) is 1.43. The smallest absolute Gasteiger partial charge is 0.346 e. The number of esters is 1. The van der Waals surface area contributed by atoms with E-state index in [0.717, 1.165) is 0 Å². The number of anilines is 1. The number of carbonyl (C=O) groups is 1. The van der Waals surface area contributed by atoms with Gasteiger partial charge < -0.3 is 9.47 Å². The monoisotopic (exact) mass is 400 g/mol. The first-order valence-electron chi connectivity index (χ1n) is 8.00. The number of hydrazone groups is 1. The third-order valence-electron chi connectivity index (χ3n) is 3.51. The lowest BCUT2D eigenvalue weighted by atomic mass is 10.2. The summed E-state index contributed by atoms with van der Waals surface area (Å²) in [5.74, 6) is -0.611. The maximum Gasteiger partial charge on any atom is 0.346 e. The van der Waals surface area contributed by atoms with Gasteiger partial charge in [0.2, 0.25) is 0 Å². The average molecular weight is 401 g/mol. The minimum Gasteiger partial charge on any atom is -0.493 e. The van der Waals surface area contributed by atoms with E-state index in [4.69, 9.17) is 21.1 Å². The standard InChI is InChI=1S/C19H14ClFN4O3/c1-27-16-10-12(11-22-24-18-9-8-17(20)23-25-18)6-7-15(16)28-19(26)13-4-2-3-5-14(13)21/h2-11H,1H3,(H,24,25)/b22-11-. The van der Waals surface area contributed by atoms with Crippen LogP contribution in [0.3, 0.4) is 0 Å². The van der Waals surface area contributed by atoms with E-state index in [-0.39, 0.29) is 16.5 Å². The van der Waals surface area contributed by atoms with Crippen LogP contribution in [-0.4, -0.2) is 29.5 Å². The molecular formula is C19H14ClFN4O3. The molecule has 0 saturated carbocycles. The van der Waals surface area contributed by atoms with E-state index in [1.807, 2.05) is 0 Å². The molecule has 2 aromatic carbocycles. The van der Waals surface area contributed by atoms with Crippen LogP contribution < -0.4 is 14.9 Å². The Hall–Kier alpha value is -3.52. The molecule has 1 aromatic heterocycles. The first-order valence-corrected chi connectivity index (χ1v) is 8.37. The van der Waals surface area contributed by atoms with E-state index in [2.05, 4.69) is 20.7 Å². The third-order valence-corrected chi connectivity index (χ3v) is 3.71. The summed E-state index contributed by atoms with van der Waals surface area (Å²) < 4.78 is 24.2. The Balaban J connectivity index is 1.71. The SMILES string of the molecule is COc1cc(/C=N\Nc2ccc(Cl)nn2)ccc1OC(=O)c1ccccc1F. The number of carbonyl (C=O) groups excluding carboxylic acids is 1. The van der Waals surface area contributed by atoms with Gasteiger partial charge in [0.25, 0.3) is 0 Å². The van der Waals surface area contributed by atoms with Gasteiger partial charge in [-0.2, -0.15) is 5.10 Å². The molecule has 0 unspecified atom stereocenters. The third kappa shape index (κ3) is 4.80. The van der Waals surface area contributed by atoms with Gasteiger partial charge >= 0.3 is 5.97 Å². The van der Waals surface area contributed by atoms with Crippen molar-refractivity contribution < 1.29 is 18.7 Å². The second-order valence-electron chi connectivity index (χ2n) is 5.39. The van der Waals surface area contributed by atoms with Crippen molar-refractivity contribution in [1.29, 1.82) is 0 Å². The maximum absolute atomic E-state index is 13.7.